The number of hydrogen-bond donors (Lipinski definition) is 2. The Morgan fingerprint density at radius 2 is 2.18 bits per heavy atom. The molecule has 5 rings (SSSR count). The van der Waals surface area contributed by atoms with Gasteiger partial charge in [0.05, 0.1) is 24.5 Å². The largest absolute Gasteiger partial charge is 0.475 e. The number of nitrogens with one attached hydrogen (secondary N) is 1. The first-order chi connectivity index (χ1) is 16.3. The van der Waals surface area contributed by atoms with Crippen molar-refractivity contribution in [2.45, 2.75) is 44.6 Å². The van der Waals surface area contributed by atoms with Crippen molar-refractivity contribution in [3.05, 3.63) is 24.3 Å². The molecule has 34 heavy (non-hydrogen) atoms. The molecule has 3 aliphatic rings. The molecular formula is C21H25N7O6. The van der Waals surface area contributed by atoms with Gasteiger partial charge in [-0.25, -0.2) is 24.5 Å². The normalized spacial score (nSPS) is 22.8. The zero-order valence-electron chi connectivity index (χ0n) is 18.8. The predicted molar refractivity (Wildman–Crippen MR) is 118 cm³/mol. The van der Waals surface area contributed by atoms with Gasteiger partial charge in [0, 0.05) is 25.4 Å². The summed E-state index contributed by atoms with van der Waals surface area (Å²) >= 11 is 0. The number of urea groups is 1. The molecule has 2 aromatic heterocycles. The Bertz CT molecular complexity index is 1110. The van der Waals surface area contributed by atoms with Gasteiger partial charge in [-0.1, -0.05) is 0 Å². The smallest absolute Gasteiger partial charge is 0.374 e. The molecule has 2 amide bonds. The standard InChI is InChI=1S/C21H25N7O6/c1-21(2)33-11-13(34-21)10-32-15-5-6-22-19(24-15)26-20(31)28-12-4-3-7-27(9-12)14-8-23-16(18(29)30)25-17(14)28/h5-6,8,12-13H,3-4,7,9-11H2,1-2H3,(H,29,30)(H,22,24,26,31)/t12?,13-/m0/s1. The van der Waals surface area contributed by atoms with Gasteiger partial charge in [-0.2, -0.15) is 4.98 Å². The minimum absolute atomic E-state index is 0.0544. The summed E-state index contributed by atoms with van der Waals surface area (Å²) in [5.41, 5.74) is 0.621. The molecule has 180 valence electrons. The molecule has 13 nitrogen and oxygen atoms in total. The van der Waals surface area contributed by atoms with Gasteiger partial charge >= 0.3 is 12.0 Å². The second-order valence-corrected chi connectivity index (χ2v) is 8.73. The van der Waals surface area contributed by atoms with Crippen molar-refractivity contribution in [3.63, 3.8) is 0 Å². The average Bonchev–Trinajstić information content (AvgIpc) is 3.16. The Balaban J connectivity index is 1.32. The maximum absolute atomic E-state index is 13.3. The van der Waals surface area contributed by atoms with E-state index in [2.05, 4.69) is 30.2 Å². The van der Waals surface area contributed by atoms with Crippen LogP contribution in [0.15, 0.2) is 18.5 Å². The van der Waals surface area contributed by atoms with E-state index in [9.17, 15) is 14.7 Å². The fraction of sp³-hybridized carbons (Fsp3) is 0.524. The van der Waals surface area contributed by atoms with Gasteiger partial charge in [-0.15, -0.1) is 0 Å². The molecule has 2 N–H and O–H groups in total. The number of carbonyl (C=O) groups excluding carboxylic acids is 1. The molecule has 2 fully saturated rings. The van der Waals surface area contributed by atoms with E-state index in [0.29, 0.717) is 18.8 Å². The van der Waals surface area contributed by atoms with E-state index in [1.807, 2.05) is 13.8 Å². The topological polar surface area (TPSA) is 152 Å². The van der Waals surface area contributed by atoms with Crippen LogP contribution >= 0.6 is 0 Å². The molecule has 2 atom stereocenters. The number of carboxylic acid groups (broad SMARTS) is 1. The second-order valence-electron chi connectivity index (χ2n) is 8.73. The number of aromatic nitrogens is 4. The number of hydrogen-bond acceptors (Lipinski definition) is 10. The van der Waals surface area contributed by atoms with Crippen molar-refractivity contribution < 1.29 is 28.9 Å². The zero-order chi connectivity index (χ0) is 23.9. The van der Waals surface area contributed by atoms with Crippen molar-refractivity contribution in [1.29, 1.82) is 0 Å². The summed E-state index contributed by atoms with van der Waals surface area (Å²) in [4.78, 5) is 44.7. The highest BCUT2D eigenvalue weighted by Gasteiger charge is 2.39. The molecule has 0 aliphatic carbocycles. The third kappa shape index (κ3) is 4.43. The number of nitrogens with zero attached hydrogens (tertiary/aromatic N) is 6. The van der Waals surface area contributed by atoms with Crippen molar-refractivity contribution >= 4 is 29.5 Å². The Morgan fingerprint density at radius 3 is 2.94 bits per heavy atom. The van der Waals surface area contributed by atoms with Crippen LogP contribution in [0.4, 0.5) is 22.2 Å². The minimum atomic E-state index is -1.26. The molecule has 2 bridgehead atoms. The third-order valence-corrected chi connectivity index (χ3v) is 5.82. The van der Waals surface area contributed by atoms with Crippen LogP contribution in [0.2, 0.25) is 0 Å². The van der Waals surface area contributed by atoms with E-state index in [1.54, 1.807) is 6.07 Å². The lowest BCUT2D eigenvalue weighted by molar-refractivity contribution is -0.141. The summed E-state index contributed by atoms with van der Waals surface area (Å²) in [6.45, 7) is 5.72. The van der Waals surface area contributed by atoms with Gasteiger partial charge in [0.2, 0.25) is 17.7 Å². The van der Waals surface area contributed by atoms with Gasteiger partial charge in [0.1, 0.15) is 12.7 Å². The van der Waals surface area contributed by atoms with Crippen molar-refractivity contribution in [2.24, 2.45) is 0 Å². The van der Waals surface area contributed by atoms with E-state index in [1.165, 1.54) is 17.3 Å². The minimum Gasteiger partial charge on any atom is -0.475 e. The van der Waals surface area contributed by atoms with Crippen molar-refractivity contribution in [3.8, 4) is 5.88 Å². The number of amides is 2. The van der Waals surface area contributed by atoms with Gasteiger partial charge in [-0.3, -0.25) is 10.2 Å². The quantitative estimate of drug-likeness (QED) is 0.653. The first kappa shape index (κ1) is 22.2. The van der Waals surface area contributed by atoms with E-state index >= 15 is 0 Å². The Kier molecular flexibility index (Phi) is 5.65. The molecule has 0 spiro atoms. The number of fused-ring (bicyclic) bond motifs is 4. The highest BCUT2D eigenvalue weighted by molar-refractivity contribution is 6.03. The van der Waals surface area contributed by atoms with Gasteiger partial charge in [0.15, 0.2) is 11.6 Å². The first-order valence-electron chi connectivity index (χ1n) is 11.0. The van der Waals surface area contributed by atoms with E-state index in [0.717, 1.165) is 19.4 Å². The molecule has 0 radical (unpaired) electrons. The molecule has 0 saturated carbocycles. The third-order valence-electron chi connectivity index (χ3n) is 5.82. The van der Waals surface area contributed by atoms with Crippen LogP contribution in [-0.2, 0) is 9.47 Å². The Hall–Kier alpha value is -3.58. The van der Waals surface area contributed by atoms with Crippen LogP contribution < -0.4 is 19.9 Å². The SMILES string of the molecule is CC1(C)OC[C@H](COc2ccnc(NC(=O)N3c4nc(C(=O)O)ncc4N4CCCC3C4)n2)O1. The lowest BCUT2D eigenvalue weighted by Gasteiger charge is -2.45. The van der Waals surface area contributed by atoms with E-state index in [4.69, 9.17) is 14.2 Å². The number of carboxylic acids is 1. The van der Waals surface area contributed by atoms with E-state index < -0.39 is 17.8 Å². The Morgan fingerprint density at radius 1 is 1.32 bits per heavy atom. The molecule has 2 aromatic rings. The molecule has 1 unspecified atom stereocenters. The molecular weight excluding hydrogens is 446 g/mol. The molecule has 13 heteroatoms. The maximum atomic E-state index is 13.3. The lowest BCUT2D eigenvalue weighted by Crippen LogP contribution is -2.56. The van der Waals surface area contributed by atoms with Crippen LogP contribution in [0.1, 0.15) is 37.3 Å². The van der Waals surface area contributed by atoms with Crippen LogP contribution in [0.25, 0.3) is 0 Å². The molecule has 0 aromatic carbocycles. The number of rotatable bonds is 5. The number of carbonyl (C=O) groups is 2. The summed E-state index contributed by atoms with van der Waals surface area (Å²) in [6, 6.07) is 0.910. The van der Waals surface area contributed by atoms with Gasteiger partial charge in [0.25, 0.3) is 0 Å². The summed E-state index contributed by atoms with van der Waals surface area (Å²) in [5.74, 6) is -1.69. The van der Waals surface area contributed by atoms with Gasteiger partial charge < -0.3 is 24.2 Å². The Labute approximate surface area is 195 Å². The van der Waals surface area contributed by atoms with Gasteiger partial charge in [-0.05, 0) is 26.7 Å². The summed E-state index contributed by atoms with van der Waals surface area (Å²) in [5, 5.41) is 12.0. The summed E-state index contributed by atoms with van der Waals surface area (Å²) in [7, 11) is 0. The summed E-state index contributed by atoms with van der Waals surface area (Å²) in [6.07, 6.45) is 4.35. The van der Waals surface area contributed by atoms with Crippen molar-refractivity contribution in [1.82, 2.24) is 19.9 Å². The van der Waals surface area contributed by atoms with Crippen LogP contribution in [0.3, 0.4) is 0 Å². The number of aromatic carboxylic acids is 1. The fourth-order valence-electron chi connectivity index (χ4n) is 4.35. The monoisotopic (exact) mass is 471 g/mol. The number of piperidine rings is 1. The first-order valence-corrected chi connectivity index (χ1v) is 11.0. The highest BCUT2D eigenvalue weighted by atomic mass is 16.7. The van der Waals surface area contributed by atoms with E-state index in [-0.39, 0.29) is 42.2 Å². The maximum Gasteiger partial charge on any atom is 0.374 e. The van der Waals surface area contributed by atoms with Crippen LogP contribution in [0, 0.1) is 0 Å². The highest BCUT2D eigenvalue weighted by Crippen LogP contribution is 2.37. The predicted octanol–water partition coefficient (Wildman–Crippen LogP) is 1.52. The number of ether oxygens (including phenoxy) is 3. The fourth-order valence-corrected chi connectivity index (χ4v) is 4.35. The molecule has 5 heterocycles. The lowest BCUT2D eigenvalue weighted by atomic mass is 10.0. The van der Waals surface area contributed by atoms with Crippen molar-refractivity contribution in [2.75, 3.05) is 41.4 Å². The van der Waals surface area contributed by atoms with Crippen LogP contribution in [0.5, 0.6) is 5.88 Å². The number of anilines is 3. The summed E-state index contributed by atoms with van der Waals surface area (Å²) < 4.78 is 16.9. The molecule has 2 saturated heterocycles. The van der Waals surface area contributed by atoms with Crippen LogP contribution in [-0.4, -0.2) is 81.3 Å². The average molecular weight is 471 g/mol. The molecule has 3 aliphatic heterocycles. The zero-order valence-corrected chi connectivity index (χ0v) is 18.8. The second kappa shape index (κ2) is 8.65.